The van der Waals surface area contributed by atoms with E-state index in [2.05, 4.69) is 0 Å². The van der Waals surface area contributed by atoms with Gasteiger partial charge in [0.15, 0.2) is 0 Å². The van der Waals surface area contributed by atoms with E-state index in [-0.39, 0.29) is 12.1 Å². The molecule has 0 saturated heterocycles. The molecule has 0 aromatic heterocycles. The number of allylic oxidation sites excluding steroid dienone is 1. The van der Waals surface area contributed by atoms with Crippen LogP contribution in [0.1, 0.15) is 25.3 Å². The quantitative estimate of drug-likeness (QED) is 0.781. The first-order valence-corrected chi connectivity index (χ1v) is 5.93. The summed E-state index contributed by atoms with van der Waals surface area (Å²) in [6, 6.07) is 9.94. The zero-order valence-electron chi connectivity index (χ0n) is 10.0. The Morgan fingerprint density at radius 3 is 2.88 bits per heavy atom. The normalized spacial score (nSPS) is 19.1. The van der Waals surface area contributed by atoms with E-state index in [9.17, 15) is 4.79 Å². The number of carbonyl (C=O) groups is 1. The van der Waals surface area contributed by atoms with Crippen LogP contribution in [0.4, 0.5) is 4.79 Å². The van der Waals surface area contributed by atoms with Crippen LogP contribution in [0.25, 0.3) is 0 Å². The predicted molar refractivity (Wildman–Crippen MR) is 66.3 cm³/mol. The van der Waals surface area contributed by atoms with Crippen LogP contribution in [0.15, 0.2) is 42.6 Å². The average Bonchev–Trinajstić information content (AvgIpc) is 2.38. The molecular formula is C14H17NO2. The number of nitrogens with zero attached hydrogens (tertiary/aromatic N) is 1. The molecule has 1 heterocycles. The minimum atomic E-state index is -0.266. The minimum absolute atomic E-state index is 0.225. The van der Waals surface area contributed by atoms with E-state index in [4.69, 9.17) is 4.74 Å². The molecule has 0 fully saturated rings. The van der Waals surface area contributed by atoms with Crippen LogP contribution in [0.2, 0.25) is 0 Å². The summed E-state index contributed by atoms with van der Waals surface area (Å²) in [5.41, 5.74) is 1.01. The molecule has 1 aromatic carbocycles. The Morgan fingerprint density at radius 2 is 2.18 bits per heavy atom. The molecule has 1 aliphatic rings. The van der Waals surface area contributed by atoms with Crippen LogP contribution in [0.5, 0.6) is 0 Å². The van der Waals surface area contributed by atoms with Crippen molar-refractivity contribution in [2.75, 3.05) is 0 Å². The van der Waals surface area contributed by atoms with Gasteiger partial charge in [0.05, 0.1) is 0 Å². The van der Waals surface area contributed by atoms with Crippen molar-refractivity contribution in [3.63, 3.8) is 0 Å². The fourth-order valence-electron chi connectivity index (χ4n) is 1.85. The van der Waals surface area contributed by atoms with Crippen molar-refractivity contribution in [3.05, 3.63) is 48.2 Å². The Labute approximate surface area is 102 Å². The highest BCUT2D eigenvalue weighted by Gasteiger charge is 2.20. The average molecular weight is 231 g/mol. The van der Waals surface area contributed by atoms with Gasteiger partial charge < -0.3 is 4.74 Å². The lowest BCUT2D eigenvalue weighted by Gasteiger charge is -2.27. The molecule has 2 rings (SSSR count). The topological polar surface area (TPSA) is 29.5 Å². The first-order chi connectivity index (χ1) is 8.27. The van der Waals surface area contributed by atoms with Gasteiger partial charge >= 0.3 is 6.09 Å². The van der Waals surface area contributed by atoms with E-state index in [1.165, 1.54) is 0 Å². The van der Waals surface area contributed by atoms with Gasteiger partial charge in [-0.1, -0.05) is 36.4 Å². The van der Waals surface area contributed by atoms with Crippen LogP contribution >= 0.6 is 0 Å². The molecule has 1 atom stereocenters. The van der Waals surface area contributed by atoms with Gasteiger partial charge in [0.1, 0.15) is 6.61 Å². The van der Waals surface area contributed by atoms with Gasteiger partial charge in [-0.05, 0) is 25.3 Å². The molecule has 17 heavy (non-hydrogen) atoms. The van der Waals surface area contributed by atoms with E-state index in [1.54, 1.807) is 4.90 Å². The maximum atomic E-state index is 11.8. The van der Waals surface area contributed by atoms with Gasteiger partial charge in [-0.2, -0.15) is 0 Å². The van der Waals surface area contributed by atoms with Crippen molar-refractivity contribution in [3.8, 4) is 0 Å². The summed E-state index contributed by atoms with van der Waals surface area (Å²) >= 11 is 0. The van der Waals surface area contributed by atoms with E-state index in [0.717, 1.165) is 18.4 Å². The Bertz CT molecular complexity index is 400. The third-order valence-corrected chi connectivity index (χ3v) is 2.91. The third kappa shape index (κ3) is 3.09. The number of hydrogen-bond acceptors (Lipinski definition) is 2. The van der Waals surface area contributed by atoms with E-state index >= 15 is 0 Å². The van der Waals surface area contributed by atoms with Crippen LogP contribution in [0.3, 0.4) is 0 Å². The van der Waals surface area contributed by atoms with E-state index in [1.807, 2.05) is 49.5 Å². The fourth-order valence-corrected chi connectivity index (χ4v) is 1.85. The second kappa shape index (κ2) is 5.53. The number of benzene rings is 1. The van der Waals surface area contributed by atoms with Gasteiger partial charge in [-0.3, -0.25) is 4.90 Å². The van der Waals surface area contributed by atoms with Crippen LogP contribution in [-0.4, -0.2) is 17.0 Å². The number of carbonyl (C=O) groups excluding carboxylic acids is 1. The number of rotatable bonds is 2. The summed E-state index contributed by atoms with van der Waals surface area (Å²) in [6.07, 6.45) is 5.59. The van der Waals surface area contributed by atoms with Crippen molar-refractivity contribution in [1.82, 2.24) is 4.90 Å². The molecule has 0 bridgehead atoms. The predicted octanol–water partition coefficient (Wildman–Crippen LogP) is 3.32. The molecule has 0 N–H and O–H groups in total. The Morgan fingerprint density at radius 1 is 1.41 bits per heavy atom. The highest BCUT2D eigenvalue weighted by atomic mass is 16.6. The maximum Gasteiger partial charge on any atom is 0.414 e. The molecule has 1 aliphatic heterocycles. The van der Waals surface area contributed by atoms with Gasteiger partial charge in [0.2, 0.25) is 0 Å². The zero-order valence-corrected chi connectivity index (χ0v) is 10.0. The van der Waals surface area contributed by atoms with Crippen molar-refractivity contribution in [1.29, 1.82) is 0 Å². The van der Waals surface area contributed by atoms with Gasteiger partial charge in [-0.25, -0.2) is 4.79 Å². The summed E-state index contributed by atoms with van der Waals surface area (Å²) < 4.78 is 5.27. The third-order valence-electron chi connectivity index (χ3n) is 2.91. The monoisotopic (exact) mass is 231 g/mol. The van der Waals surface area contributed by atoms with E-state index in [0.29, 0.717) is 6.61 Å². The molecule has 0 aliphatic carbocycles. The van der Waals surface area contributed by atoms with Crippen molar-refractivity contribution in [2.24, 2.45) is 0 Å². The van der Waals surface area contributed by atoms with Crippen LogP contribution in [0, 0.1) is 0 Å². The molecule has 0 spiro atoms. The summed E-state index contributed by atoms with van der Waals surface area (Å²) in [5, 5.41) is 0. The van der Waals surface area contributed by atoms with Gasteiger partial charge in [-0.15, -0.1) is 0 Å². The summed E-state index contributed by atoms with van der Waals surface area (Å²) in [7, 11) is 0. The second-order valence-electron chi connectivity index (χ2n) is 4.26. The lowest BCUT2D eigenvalue weighted by atomic mass is 10.1. The first-order valence-electron chi connectivity index (χ1n) is 5.93. The van der Waals surface area contributed by atoms with Crippen molar-refractivity contribution in [2.45, 2.75) is 32.4 Å². The SMILES string of the molecule is CC1CCC=CN1C(=O)OCc1ccccc1. The van der Waals surface area contributed by atoms with Crippen LogP contribution < -0.4 is 0 Å². The van der Waals surface area contributed by atoms with Crippen molar-refractivity contribution < 1.29 is 9.53 Å². The molecule has 90 valence electrons. The molecule has 3 heteroatoms. The fraction of sp³-hybridized carbons (Fsp3) is 0.357. The zero-order chi connectivity index (χ0) is 12.1. The molecule has 1 aromatic rings. The highest BCUT2D eigenvalue weighted by Crippen LogP contribution is 2.15. The smallest absolute Gasteiger partial charge is 0.414 e. The molecule has 3 nitrogen and oxygen atoms in total. The number of hydrogen-bond donors (Lipinski definition) is 0. The summed E-state index contributed by atoms with van der Waals surface area (Å²) in [6.45, 7) is 2.37. The summed E-state index contributed by atoms with van der Waals surface area (Å²) in [4.78, 5) is 13.5. The highest BCUT2D eigenvalue weighted by molar-refractivity contribution is 5.69. The second-order valence-corrected chi connectivity index (χ2v) is 4.26. The van der Waals surface area contributed by atoms with Crippen molar-refractivity contribution >= 4 is 6.09 Å². The number of amides is 1. The molecule has 1 unspecified atom stereocenters. The lowest BCUT2D eigenvalue weighted by molar-refractivity contribution is 0.0977. The first kappa shape index (κ1) is 11.7. The number of ether oxygens (including phenoxy) is 1. The van der Waals surface area contributed by atoms with E-state index < -0.39 is 0 Å². The maximum absolute atomic E-state index is 11.8. The lowest BCUT2D eigenvalue weighted by Crippen LogP contribution is -2.36. The molecule has 1 amide bonds. The minimum Gasteiger partial charge on any atom is -0.444 e. The molecule has 0 radical (unpaired) electrons. The Kier molecular flexibility index (Phi) is 3.81. The Balaban J connectivity index is 1.89. The van der Waals surface area contributed by atoms with Crippen LogP contribution in [-0.2, 0) is 11.3 Å². The van der Waals surface area contributed by atoms with Gasteiger partial charge in [0, 0.05) is 12.2 Å². The Hall–Kier alpha value is -1.77. The standard InChI is InChI=1S/C14H17NO2/c1-12-7-5-6-10-15(12)14(16)17-11-13-8-3-2-4-9-13/h2-4,6,8-10,12H,5,7,11H2,1H3. The largest absolute Gasteiger partial charge is 0.444 e. The molecule has 0 saturated carbocycles. The van der Waals surface area contributed by atoms with Gasteiger partial charge in [0.25, 0.3) is 0 Å². The summed E-state index contributed by atoms with van der Waals surface area (Å²) in [5.74, 6) is 0. The molecular weight excluding hydrogens is 214 g/mol.